The van der Waals surface area contributed by atoms with Crippen LogP contribution in [-0.4, -0.2) is 18.1 Å². The van der Waals surface area contributed by atoms with Crippen molar-refractivity contribution in [3.8, 4) is 0 Å². The maximum Gasteiger partial charge on any atom is 0.0822 e. The third-order valence-corrected chi connectivity index (χ3v) is 2.48. The second kappa shape index (κ2) is 9.31. The molecule has 0 unspecified atom stereocenters. The van der Waals surface area contributed by atoms with E-state index in [1.165, 1.54) is 24.3 Å². The number of thioether (sulfide) groups is 1. The van der Waals surface area contributed by atoms with Crippen LogP contribution in [0.1, 0.15) is 32.6 Å². The highest BCUT2D eigenvalue weighted by atomic mass is 32.2. The molecule has 10 heavy (non-hydrogen) atoms. The first kappa shape index (κ1) is 10.3. The van der Waals surface area contributed by atoms with Crippen molar-refractivity contribution in [2.75, 3.05) is 18.1 Å². The molecule has 0 amide bonds. The molecule has 61 valence electrons. The highest BCUT2D eigenvalue weighted by Gasteiger charge is 1.88. The lowest BCUT2D eigenvalue weighted by Crippen LogP contribution is -1.86. The van der Waals surface area contributed by atoms with Gasteiger partial charge in [0.25, 0.3) is 0 Å². The molecule has 1 nitrogen and oxygen atoms in total. The largest absolute Gasteiger partial charge is 0.237 e. The number of hydrogen-bond donors (Lipinski definition) is 0. The first-order valence-electron chi connectivity index (χ1n) is 4.07. The Morgan fingerprint density at radius 3 is 2.40 bits per heavy atom. The Balaban J connectivity index is 2.65. The van der Waals surface area contributed by atoms with Gasteiger partial charge in [-0.2, -0.15) is 11.8 Å². The fraction of sp³-hybridized carbons (Fsp3) is 1.00. The summed E-state index contributed by atoms with van der Waals surface area (Å²) in [4.78, 5) is 0. The Hall–Kier alpha value is 0.310. The van der Waals surface area contributed by atoms with E-state index in [-0.39, 0.29) is 6.61 Å². The molecule has 0 heterocycles. The van der Waals surface area contributed by atoms with Gasteiger partial charge in [-0.3, -0.25) is 0 Å². The van der Waals surface area contributed by atoms with Gasteiger partial charge in [0.1, 0.15) is 0 Å². The van der Waals surface area contributed by atoms with Crippen LogP contribution in [0, 0.1) is 0 Å². The van der Waals surface area contributed by atoms with E-state index in [0.717, 1.165) is 12.8 Å². The van der Waals surface area contributed by atoms with Crippen LogP contribution in [0.15, 0.2) is 0 Å². The Kier molecular flexibility index (Phi) is 9.60. The Morgan fingerprint density at radius 2 is 1.80 bits per heavy atom. The molecule has 0 aliphatic carbocycles. The number of unbranched alkanes of at least 4 members (excludes halogenated alkanes) is 2. The fourth-order valence-corrected chi connectivity index (χ4v) is 1.76. The molecule has 0 fully saturated rings. The summed E-state index contributed by atoms with van der Waals surface area (Å²) in [6.07, 6.45) is 4.58. The minimum Gasteiger partial charge on any atom is -0.237 e. The lowest BCUT2D eigenvalue weighted by atomic mass is 10.4. The maximum absolute atomic E-state index is 10.0. The zero-order valence-corrected chi connectivity index (χ0v) is 7.58. The molecule has 0 rings (SSSR count). The summed E-state index contributed by atoms with van der Waals surface area (Å²) in [5.74, 6) is 2.46. The van der Waals surface area contributed by atoms with E-state index >= 15 is 0 Å². The quantitative estimate of drug-likeness (QED) is 0.526. The van der Waals surface area contributed by atoms with Gasteiger partial charge in [0.2, 0.25) is 0 Å². The summed E-state index contributed by atoms with van der Waals surface area (Å²) < 4.78 is 0. The lowest BCUT2D eigenvalue weighted by molar-refractivity contribution is 0.188. The van der Waals surface area contributed by atoms with Crippen LogP contribution in [0.2, 0.25) is 0 Å². The average molecular weight is 161 g/mol. The standard InChI is InChI=1S/C8H17OS/c1-2-3-7-10-8-5-4-6-9/h2-8H2,1H3. The summed E-state index contributed by atoms with van der Waals surface area (Å²) in [5.41, 5.74) is 0. The van der Waals surface area contributed by atoms with Crippen molar-refractivity contribution in [2.45, 2.75) is 32.6 Å². The predicted octanol–water partition coefficient (Wildman–Crippen LogP) is 2.73. The van der Waals surface area contributed by atoms with E-state index in [2.05, 4.69) is 6.92 Å². The van der Waals surface area contributed by atoms with E-state index in [4.69, 9.17) is 0 Å². The van der Waals surface area contributed by atoms with E-state index in [1.54, 1.807) is 0 Å². The Labute approximate surface area is 68.2 Å². The molecule has 0 bridgehead atoms. The van der Waals surface area contributed by atoms with E-state index < -0.39 is 0 Å². The summed E-state index contributed by atoms with van der Waals surface area (Å²) in [5, 5.41) is 10.0. The average Bonchev–Trinajstić information content (AvgIpc) is 1.97. The van der Waals surface area contributed by atoms with Gasteiger partial charge < -0.3 is 0 Å². The molecule has 0 aliphatic heterocycles. The Morgan fingerprint density at radius 1 is 1.10 bits per heavy atom. The highest BCUT2D eigenvalue weighted by Crippen LogP contribution is 2.06. The van der Waals surface area contributed by atoms with Gasteiger partial charge in [0.05, 0.1) is 6.61 Å². The minimum atomic E-state index is 0.105. The summed E-state index contributed by atoms with van der Waals surface area (Å²) in [7, 11) is 0. The maximum atomic E-state index is 10.0. The van der Waals surface area contributed by atoms with E-state index in [9.17, 15) is 5.11 Å². The van der Waals surface area contributed by atoms with Crippen LogP contribution in [0.25, 0.3) is 0 Å². The van der Waals surface area contributed by atoms with Gasteiger partial charge in [-0.1, -0.05) is 13.3 Å². The minimum absolute atomic E-state index is 0.105. The van der Waals surface area contributed by atoms with Gasteiger partial charge in [-0.25, -0.2) is 5.11 Å². The molecule has 0 saturated carbocycles. The summed E-state index contributed by atoms with van der Waals surface area (Å²) in [6, 6.07) is 0. The van der Waals surface area contributed by atoms with Crippen LogP contribution in [-0.2, 0) is 5.11 Å². The van der Waals surface area contributed by atoms with Crippen LogP contribution < -0.4 is 0 Å². The monoisotopic (exact) mass is 161 g/mol. The molecular weight excluding hydrogens is 144 g/mol. The second-order valence-corrected chi connectivity index (χ2v) is 3.60. The van der Waals surface area contributed by atoms with Gasteiger partial charge in [-0.15, -0.1) is 0 Å². The molecule has 0 aromatic carbocycles. The van der Waals surface area contributed by atoms with Crippen molar-refractivity contribution < 1.29 is 5.11 Å². The molecule has 0 aliphatic rings. The molecule has 0 spiro atoms. The van der Waals surface area contributed by atoms with Crippen molar-refractivity contribution in [1.82, 2.24) is 0 Å². The summed E-state index contributed by atoms with van der Waals surface area (Å²) >= 11 is 1.98. The topological polar surface area (TPSA) is 19.9 Å². The van der Waals surface area contributed by atoms with E-state index in [1.807, 2.05) is 11.8 Å². The number of rotatable bonds is 7. The van der Waals surface area contributed by atoms with Crippen LogP contribution >= 0.6 is 11.8 Å². The van der Waals surface area contributed by atoms with Crippen molar-refractivity contribution in [1.29, 1.82) is 0 Å². The molecule has 0 saturated heterocycles. The SMILES string of the molecule is CCCCSCCCC[O]. The second-order valence-electron chi connectivity index (χ2n) is 2.38. The molecule has 0 N–H and O–H groups in total. The smallest absolute Gasteiger partial charge is 0.0822 e. The van der Waals surface area contributed by atoms with Crippen LogP contribution in [0.4, 0.5) is 0 Å². The molecule has 0 aromatic rings. The molecule has 2 heteroatoms. The third kappa shape index (κ3) is 8.31. The van der Waals surface area contributed by atoms with Gasteiger partial charge in [0.15, 0.2) is 0 Å². The summed E-state index contributed by atoms with van der Waals surface area (Å²) in [6.45, 7) is 2.31. The normalized spacial score (nSPS) is 10.2. The number of hydrogen-bond acceptors (Lipinski definition) is 1. The van der Waals surface area contributed by atoms with Gasteiger partial charge in [-0.05, 0) is 30.8 Å². The van der Waals surface area contributed by atoms with Crippen LogP contribution in [0.3, 0.4) is 0 Å². The van der Waals surface area contributed by atoms with Crippen molar-refractivity contribution in [3.05, 3.63) is 0 Å². The van der Waals surface area contributed by atoms with Crippen molar-refractivity contribution >= 4 is 11.8 Å². The lowest BCUT2D eigenvalue weighted by Gasteiger charge is -1.97. The zero-order chi connectivity index (χ0) is 7.66. The highest BCUT2D eigenvalue weighted by molar-refractivity contribution is 7.99. The van der Waals surface area contributed by atoms with Crippen molar-refractivity contribution in [2.24, 2.45) is 0 Å². The fourth-order valence-electron chi connectivity index (χ4n) is 0.655. The van der Waals surface area contributed by atoms with Crippen LogP contribution in [0.5, 0.6) is 0 Å². The molecule has 0 atom stereocenters. The van der Waals surface area contributed by atoms with Gasteiger partial charge >= 0.3 is 0 Å². The first-order chi connectivity index (χ1) is 4.91. The molecule has 1 radical (unpaired) electrons. The third-order valence-electron chi connectivity index (χ3n) is 1.33. The Bertz CT molecular complexity index is 49.2. The van der Waals surface area contributed by atoms with E-state index in [0.29, 0.717) is 0 Å². The first-order valence-corrected chi connectivity index (χ1v) is 5.23. The predicted molar refractivity (Wildman–Crippen MR) is 47.0 cm³/mol. The van der Waals surface area contributed by atoms with Crippen molar-refractivity contribution in [3.63, 3.8) is 0 Å². The molecular formula is C8H17OS. The molecule has 0 aromatic heterocycles. The van der Waals surface area contributed by atoms with Gasteiger partial charge in [0, 0.05) is 0 Å². The zero-order valence-electron chi connectivity index (χ0n) is 6.77.